The number of carbonyl (C=O) groups excluding carboxylic acids is 2. The van der Waals surface area contributed by atoms with Crippen LogP contribution in [-0.2, 0) is 12.8 Å². The Morgan fingerprint density at radius 1 is 1.00 bits per heavy atom. The van der Waals surface area contributed by atoms with Crippen molar-refractivity contribution in [1.82, 2.24) is 0 Å². The van der Waals surface area contributed by atoms with Gasteiger partial charge in [0.15, 0.2) is 0 Å². The number of hydrogen-bond donors (Lipinski definition) is 2. The summed E-state index contributed by atoms with van der Waals surface area (Å²) < 4.78 is 5.50. The number of amides is 2. The third-order valence-corrected chi connectivity index (χ3v) is 4.67. The second-order valence-electron chi connectivity index (χ2n) is 6.31. The van der Waals surface area contributed by atoms with Crippen molar-refractivity contribution in [1.29, 1.82) is 0 Å². The SMILES string of the molecule is NC(=O)c1oc2ccccc2c1NC(=O)c1ccc2c(c1)CCCC2. The summed E-state index contributed by atoms with van der Waals surface area (Å²) in [6.07, 6.45) is 4.41. The smallest absolute Gasteiger partial charge is 0.286 e. The fourth-order valence-electron chi connectivity index (χ4n) is 3.40. The Morgan fingerprint density at radius 3 is 2.56 bits per heavy atom. The molecule has 0 bridgehead atoms. The number of aryl methyl sites for hydroxylation is 2. The van der Waals surface area contributed by atoms with Crippen LogP contribution in [0.1, 0.15) is 44.9 Å². The number of para-hydroxylation sites is 1. The summed E-state index contributed by atoms with van der Waals surface area (Å²) in [4.78, 5) is 24.4. The van der Waals surface area contributed by atoms with E-state index in [4.69, 9.17) is 10.2 Å². The van der Waals surface area contributed by atoms with Crippen molar-refractivity contribution in [2.75, 3.05) is 5.32 Å². The predicted molar refractivity (Wildman–Crippen MR) is 95.8 cm³/mol. The molecular formula is C20H18N2O3. The molecule has 0 spiro atoms. The molecule has 0 saturated heterocycles. The molecule has 2 aromatic carbocycles. The van der Waals surface area contributed by atoms with E-state index in [0.717, 1.165) is 19.3 Å². The van der Waals surface area contributed by atoms with Gasteiger partial charge in [0.1, 0.15) is 11.3 Å². The van der Waals surface area contributed by atoms with E-state index < -0.39 is 5.91 Å². The molecule has 5 heteroatoms. The number of rotatable bonds is 3. The van der Waals surface area contributed by atoms with Crippen molar-refractivity contribution < 1.29 is 14.0 Å². The Balaban J connectivity index is 1.70. The monoisotopic (exact) mass is 334 g/mol. The van der Waals surface area contributed by atoms with Crippen molar-refractivity contribution >= 4 is 28.5 Å². The number of fused-ring (bicyclic) bond motifs is 2. The van der Waals surface area contributed by atoms with Crippen LogP contribution in [0, 0.1) is 0 Å². The van der Waals surface area contributed by atoms with Crippen LogP contribution in [0.15, 0.2) is 46.9 Å². The summed E-state index contributed by atoms with van der Waals surface area (Å²) in [5.41, 5.74) is 9.35. The van der Waals surface area contributed by atoms with E-state index in [1.165, 1.54) is 17.5 Å². The highest BCUT2D eigenvalue weighted by Crippen LogP contribution is 2.31. The van der Waals surface area contributed by atoms with Crippen molar-refractivity contribution in [3.63, 3.8) is 0 Å². The first kappa shape index (κ1) is 15.4. The lowest BCUT2D eigenvalue weighted by atomic mass is 9.90. The van der Waals surface area contributed by atoms with Gasteiger partial charge in [-0.2, -0.15) is 0 Å². The summed E-state index contributed by atoms with van der Waals surface area (Å²) in [6, 6.07) is 12.9. The van der Waals surface area contributed by atoms with E-state index in [-0.39, 0.29) is 11.7 Å². The van der Waals surface area contributed by atoms with Gasteiger partial charge in [-0.25, -0.2) is 0 Å². The zero-order chi connectivity index (χ0) is 17.4. The molecule has 0 unspecified atom stereocenters. The zero-order valence-electron chi connectivity index (χ0n) is 13.7. The summed E-state index contributed by atoms with van der Waals surface area (Å²) in [6.45, 7) is 0. The van der Waals surface area contributed by atoms with Crippen LogP contribution in [0.5, 0.6) is 0 Å². The van der Waals surface area contributed by atoms with Crippen LogP contribution >= 0.6 is 0 Å². The second kappa shape index (κ2) is 6.09. The molecule has 5 nitrogen and oxygen atoms in total. The number of hydrogen-bond acceptors (Lipinski definition) is 3. The first-order valence-electron chi connectivity index (χ1n) is 8.38. The lowest BCUT2D eigenvalue weighted by Gasteiger charge is -2.16. The van der Waals surface area contributed by atoms with Gasteiger partial charge in [0.2, 0.25) is 5.76 Å². The largest absolute Gasteiger partial charge is 0.449 e. The molecule has 25 heavy (non-hydrogen) atoms. The average molecular weight is 334 g/mol. The van der Waals surface area contributed by atoms with Gasteiger partial charge in [0, 0.05) is 10.9 Å². The Kier molecular flexibility index (Phi) is 3.76. The number of primary amides is 1. The summed E-state index contributed by atoms with van der Waals surface area (Å²) in [5, 5.41) is 3.46. The maximum absolute atomic E-state index is 12.7. The average Bonchev–Trinajstić information content (AvgIpc) is 3.00. The first-order valence-corrected chi connectivity index (χ1v) is 8.38. The lowest BCUT2D eigenvalue weighted by Crippen LogP contribution is -2.17. The molecule has 0 fully saturated rings. The van der Waals surface area contributed by atoms with E-state index in [9.17, 15) is 9.59 Å². The maximum Gasteiger partial charge on any atom is 0.286 e. The van der Waals surface area contributed by atoms with Gasteiger partial charge >= 0.3 is 0 Å². The topological polar surface area (TPSA) is 85.3 Å². The molecule has 3 N–H and O–H groups in total. The third-order valence-electron chi connectivity index (χ3n) is 4.67. The third kappa shape index (κ3) is 2.78. The molecule has 1 aromatic heterocycles. The summed E-state index contributed by atoms with van der Waals surface area (Å²) in [7, 11) is 0. The molecule has 1 aliphatic rings. The number of benzene rings is 2. The van der Waals surface area contributed by atoms with Crippen LogP contribution < -0.4 is 11.1 Å². The number of furan rings is 1. The zero-order valence-corrected chi connectivity index (χ0v) is 13.7. The van der Waals surface area contributed by atoms with Crippen LogP contribution in [0.3, 0.4) is 0 Å². The first-order chi connectivity index (χ1) is 12.1. The van der Waals surface area contributed by atoms with Crippen molar-refractivity contribution in [3.8, 4) is 0 Å². The fourth-order valence-corrected chi connectivity index (χ4v) is 3.40. The van der Waals surface area contributed by atoms with E-state index in [1.54, 1.807) is 18.2 Å². The minimum Gasteiger partial charge on any atom is -0.449 e. The van der Waals surface area contributed by atoms with Gasteiger partial charge < -0.3 is 15.5 Å². The van der Waals surface area contributed by atoms with Gasteiger partial charge in [0.25, 0.3) is 11.8 Å². The Hall–Kier alpha value is -3.08. The van der Waals surface area contributed by atoms with E-state index >= 15 is 0 Å². The predicted octanol–water partition coefficient (Wildman–Crippen LogP) is 3.66. The van der Waals surface area contributed by atoms with Crippen LogP contribution in [0.4, 0.5) is 5.69 Å². The van der Waals surface area contributed by atoms with E-state index in [2.05, 4.69) is 5.32 Å². The van der Waals surface area contributed by atoms with Gasteiger partial charge in [-0.3, -0.25) is 9.59 Å². The van der Waals surface area contributed by atoms with Crippen molar-refractivity contribution in [2.24, 2.45) is 5.73 Å². The summed E-state index contributed by atoms with van der Waals surface area (Å²) in [5.74, 6) is -1.02. The Morgan fingerprint density at radius 2 is 1.76 bits per heavy atom. The second-order valence-corrected chi connectivity index (χ2v) is 6.31. The Bertz CT molecular complexity index is 988. The number of nitrogens with two attached hydrogens (primary N) is 1. The minimum absolute atomic E-state index is 0.0347. The van der Waals surface area contributed by atoms with Gasteiger partial charge in [-0.15, -0.1) is 0 Å². The van der Waals surface area contributed by atoms with E-state index in [1.807, 2.05) is 24.3 Å². The highest BCUT2D eigenvalue weighted by molar-refractivity contribution is 6.14. The van der Waals surface area contributed by atoms with Gasteiger partial charge in [0.05, 0.1) is 0 Å². The van der Waals surface area contributed by atoms with Crippen LogP contribution in [0.2, 0.25) is 0 Å². The quantitative estimate of drug-likeness (QED) is 0.766. The van der Waals surface area contributed by atoms with Crippen molar-refractivity contribution in [2.45, 2.75) is 25.7 Å². The molecule has 126 valence electrons. The van der Waals surface area contributed by atoms with Gasteiger partial charge in [-0.05, 0) is 61.1 Å². The molecule has 0 atom stereocenters. The number of nitrogens with one attached hydrogen (secondary N) is 1. The highest BCUT2D eigenvalue weighted by Gasteiger charge is 2.21. The molecule has 3 aromatic rings. The van der Waals surface area contributed by atoms with Crippen LogP contribution in [0.25, 0.3) is 11.0 Å². The standard InChI is InChI=1S/C20H18N2O3/c21-19(23)18-17(15-7-3-4-8-16(15)25-18)22-20(24)14-10-9-12-5-1-2-6-13(12)11-14/h3-4,7-11H,1-2,5-6H2,(H2,21,23)(H,22,24). The van der Waals surface area contributed by atoms with Crippen LogP contribution in [-0.4, -0.2) is 11.8 Å². The Labute approximate surface area is 144 Å². The van der Waals surface area contributed by atoms with Crippen molar-refractivity contribution in [3.05, 3.63) is 64.9 Å². The van der Waals surface area contributed by atoms with E-state index in [0.29, 0.717) is 22.2 Å². The molecule has 4 rings (SSSR count). The lowest BCUT2D eigenvalue weighted by molar-refractivity contribution is 0.0977. The molecule has 1 aliphatic carbocycles. The fraction of sp³-hybridized carbons (Fsp3) is 0.200. The summed E-state index contributed by atoms with van der Waals surface area (Å²) >= 11 is 0. The molecule has 1 heterocycles. The molecule has 0 aliphatic heterocycles. The normalized spacial score (nSPS) is 13.4. The molecule has 0 saturated carbocycles. The maximum atomic E-state index is 12.7. The molecular weight excluding hydrogens is 316 g/mol. The highest BCUT2D eigenvalue weighted by atomic mass is 16.3. The minimum atomic E-state index is -0.711. The number of carbonyl (C=O) groups is 2. The molecule has 0 radical (unpaired) electrons. The molecule has 2 amide bonds. The number of anilines is 1. The van der Waals surface area contributed by atoms with Gasteiger partial charge in [-0.1, -0.05) is 18.2 Å².